The minimum absolute atomic E-state index is 0.0363. The highest BCUT2D eigenvalue weighted by Crippen LogP contribution is 2.36. The van der Waals surface area contributed by atoms with E-state index in [0.29, 0.717) is 16.0 Å². The van der Waals surface area contributed by atoms with Crippen molar-refractivity contribution in [3.63, 3.8) is 0 Å². The molecule has 0 aliphatic rings. The van der Waals surface area contributed by atoms with Gasteiger partial charge in [-0.2, -0.15) is 13.2 Å². The number of nitrogens with two attached hydrogens (primary N) is 2. The summed E-state index contributed by atoms with van der Waals surface area (Å²) in [5.41, 5.74) is 6.57. The monoisotopic (exact) mass is 547 g/mol. The number of alkyl halides is 3. The molecule has 4 N–H and O–H groups in total. The fourth-order valence-corrected chi connectivity index (χ4v) is 4.47. The molecule has 0 bridgehead atoms. The molecule has 0 fully saturated rings. The first kappa shape index (κ1) is 27.0. The minimum atomic E-state index is -4.68. The Kier molecular flexibility index (Phi) is 7.38. The number of hydrazine groups is 1. The number of anilines is 1. The summed E-state index contributed by atoms with van der Waals surface area (Å²) >= 11 is 0. The number of hydrogen-bond acceptors (Lipinski definition) is 5. The lowest BCUT2D eigenvalue weighted by Gasteiger charge is -2.26. The molecule has 4 aromatic rings. The molecule has 38 heavy (non-hydrogen) atoms. The largest absolute Gasteiger partial charge is 0.434 e. The van der Waals surface area contributed by atoms with E-state index in [9.17, 15) is 26.2 Å². The lowest BCUT2D eigenvalue weighted by Crippen LogP contribution is -2.31. The predicted molar refractivity (Wildman–Crippen MR) is 136 cm³/mol. The van der Waals surface area contributed by atoms with Crippen LogP contribution in [0.15, 0.2) is 78.0 Å². The van der Waals surface area contributed by atoms with E-state index < -0.39 is 34.3 Å². The third-order valence-electron chi connectivity index (χ3n) is 5.80. The van der Waals surface area contributed by atoms with Crippen LogP contribution in [0.2, 0.25) is 0 Å². The Hall–Kier alpha value is -4.03. The summed E-state index contributed by atoms with van der Waals surface area (Å²) in [6.45, 7) is 1.41. The zero-order valence-electron chi connectivity index (χ0n) is 20.1. The van der Waals surface area contributed by atoms with Crippen molar-refractivity contribution in [1.29, 1.82) is 0 Å². The van der Waals surface area contributed by atoms with Crippen LogP contribution in [-0.2, 0) is 17.0 Å². The van der Waals surface area contributed by atoms with Gasteiger partial charge in [-0.25, -0.2) is 19.6 Å². The van der Waals surface area contributed by atoms with Crippen molar-refractivity contribution < 1.29 is 26.2 Å². The maximum Gasteiger partial charge on any atom is 0.434 e. The van der Waals surface area contributed by atoms with Crippen LogP contribution in [0.5, 0.6) is 0 Å². The molecule has 12 heteroatoms. The third-order valence-corrected chi connectivity index (χ3v) is 6.72. The van der Waals surface area contributed by atoms with Gasteiger partial charge in [-0.05, 0) is 60.5 Å². The number of benzene rings is 3. The average molecular weight is 548 g/mol. The number of halogens is 5. The number of rotatable bonds is 6. The number of nitrogens with zero attached hydrogens (tertiary/aromatic N) is 3. The number of aryl methyl sites for hydroxylation is 1. The summed E-state index contributed by atoms with van der Waals surface area (Å²) in [7, 11) is -1.25. The molecule has 0 amide bonds. The highest BCUT2D eigenvalue weighted by atomic mass is 32.2. The van der Waals surface area contributed by atoms with Gasteiger partial charge in [0, 0.05) is 39.9 Å². The van der Waals surface area contributed by atoms with Gasteiger partial charge in [-0.1, -0.05) is 18.2 Å². The van der Waals surface area contributed by atoms with Gasteiger partial charge in [0.25, 0.3) is 0 Å². The normalized spacial score (nSPS) is 13.0. The number of hydrogen-bond donors (Lipinski definition) is 2. The van der Waals surface area contributed by atoms with Crippen molar-refractivity contribution in [2.45, 2.75) is 18.0 Å². The molecule has 3 aromatic carbocycles. The molecule has 198 valence electrons. The van der Waals surface area contributed by atoms with E-state index in [1.54, 1.807) is 42.5 Å². The third kappa shape index (κ3) is 5.31. The van der Waals surface area contributed by atoms with Crippen molar-refractivity contribution in [3.8, 4) is 16.8 Å². The minimum Gasteiger partial charge on any atom is -0.403 e. The zero-order valence-corrected chi connectivity index (χ0v) is 20.9. The van der Waals surface area contributed by atoms with E-state index >= 15 is 0 Å². The van der Waals surface area contributed by atoms with E-state index in [1.165, 1.54) is 23.8 Å². The van der Waals surface area contributed by atoms with Gasteiger partial charge in [0.15, 0.2) is 17.3 Å². The molecule has 0 saturated heterocycles. The van der Waals surface area contributed by atoms with E-state index in [4.69, 9.17) is 11.6 Å². The highest BCUT2D eigenvalue weighted by Gasteiger charge is 2.35. The molecule has 0 radical (unpaired) electrons. The lowest BCUT2D eigenvalue weighted by molar-refractivity contribution is -0.141. The van der Waals surface area contributed by atoms with Crippen molar-refractivity contribution in [3.05, 3.63) is 102 Å². The Labute approximate surface area is 217 Å². The van der Waals surface area contributed by atoms with E-state index in [-0.39, 0.29) is 28.5 Å². The highest BCUT2D eigenvalue weighted by molar-refractivity contribution is 7.84. The quantitative estimate of drug-likeness (QED) is 0.189. The summed E-state index contributed by atoms with van der Waals surface area (Å²) in [4.78, 5) is 4.20. The summed E-state index contributed by atoms with van der Waals surface area (Å²) in [5.74, 6) is 4.27. The molecular weight excluding hydrogens is 525 g/mol. The maximum absolute atomic E-state index is 14.0. The van der Waals surface area contributed by atoms with Crippen LogP contribution in [0.4, 0.5) is 27.6 Å². The molecule has 0 aliphatic heterocycles. The number of aromatic nitrogens is 2. The summed E-state index contributed by atoms with van der Waals surface area (Å²) in [6, 6.07) is 14.8. The second-order valence-electron chi connectivity index (χ2n) is 8.28. The van der Waals surface area contributed by atoms with Crippen LogP contribution in [0, 0.1) is 18.6 Å². The average Bonchev–Trinajstić information content (AvgIpc) is 3.28. The molecular formula is C26H22F5N5OS. The standard InChI is InChI=1S/C26H22F5N5OS/c1-15-34-25(26(29,30)31)14-35(15)22-9-7-17(16-4-3-5-19(10-16)38(2)37)12-23(22)36(33)24(13-32)18-6-8-20(27)21(28)11-18/h3-14H,32-33H2,1-2H3/b24-13-. The lowest BCUT2D eigenvalue weighted by atomic mass is 10.0. The molecule has 1 atom stereocenters. The van der Waals surface area contributed by atoms with Crippen LogP contribution in [0.25, 0.3) is 22.5 Å². The van der Waals surface area contributed by atoms with Crippen LogP contribution in [0.1, 0.15) is 17.1 Å². The first-order chi connectivity index (χ1) is 17.9. The second kappa shape index (κ2) is 10.4. The van der Waals surface area contributed by atoms with E-state index in [0.717, 1.165) is 29.5 Å². The number of imidazole rings is 1. The van der Waals surface area contributed by atoms with Crippen LogP contribution >= 0.6 is 0 Å². The Balaban J connectivity index is 1.92. The van der Waals surface area contributed by atoms with Gasteiger partial charge in [-0.15, -0.1) is 0 Å². The molecule has 0 spiro atoms. The molecule has 0 aliphatic carbocycles. The smallest absolute Gasteiger partial charge is 0.403 e. The summed E-state index contributed by atoms with van der Waals surface area (Å²) < 4.78 is 80.9. The first-order valence-corrected chi connectivity index (χ1v) is 12.6. The zero-order chi connectivity index (χ0) is 27.8. The fraction of sp³-hybridized carbons (Fsp3) is 0.115. The van der Waals surface area contributed by atoms with Gasteiger partial charge in [0.2, 0.25) is 0 Å². The van der Waals surface area contributed by atoms with Gasteiger partial charge >= 0.3 is 6.18 Å². The molecule has 1 unspecified atom stereocenters. The van der Waals surface area contributed by atoms with Crippen LogP contribution < -0.4 is 16.6 Å². The molecule has 6 nitrogen and oxygen atoms in total. The first-order valence-electron chi connectivity index (χ1n) is 11.0. The van der Waals surface area contributed by atoms with E-state index in [2.05, 4.69) is 4.98 Å². The Morgan fingerprint density at radius 1 is 1.03 bits per heavy atom. The topological polar surface area (TPSA) is 90.2 Å². The van der Waals surface area contributed by atoms with Crippen molar-refractivity contribution in [2.24, 2.45) is 11.6 Å². The second-order valence-corrected chi connectivity index (χ2v) is 9.66. The van der Waals surface area contributed by atoms with Crippen molar-refractivity contribution in [1.82, 2.24) is 9.55 Å². The molecule has 0 saturated carbocycles. The summed E-state index contributed by atoms with van der Waals surface area (Å²) in [6.07, 6.45) is -1.23. The van der Waals surface area contributed by atoms with Crippen LogP contribution in [0.3, 0.4) is 0 Å². The SMILES string of the molecule is Cc1nc(C(F)(F)F)cn1-c1ccc(-c2cccc(S(C)=O)c2)cc1N(N)/C(=C\N)c1ccc(F)c(F)c1. The maximum atomic E-state index is 14.0. The summed E-state index contributed by atoms with van der Waals surface area (Å²) in [5, 5.41) is 1.07. The Morgan fingerprint density at radius 2 is 1.74 bits per heavy atom. The molecule has 4 rings (SSSR count). The van der Waals surface area contributed by atoms with E-state index in [1.807, 2.05) is 0 Å². The molecule has 1 heterocycles. The van der Waals surface area contributed by atoms with Crippen molar-refractivity contribution in [2.75, 3.05) is 11.3 Å². The van der Waals surface area contributed by atoms with Gasteiger partial charge in [0.05, 0.1) is 17.1 Å². The van der Waals surface area contributed by atoms with Crippen LogP contribution in [-0.4, -0.2) is 20.0 Å². The predicted octanol–water partition coefficient (Wildman–Crippen LogP) is 5.52. The fourth-order valence-electron chi connectivity index (χ4n) is 3.91. The van der Waals surface area contributed by atoms with Gasteiger partial charge in [0.1, 0.15) is 5.82 Å². The Morgan fingerprint density at radius 3 is 2.34 bits per heavy atom. The van der Waals surface area contributed by atoms with Gasteiger partial charge < -0.3 is 10.3 Å². The molecule has 1 aromatic heterocycles. The van der Waals surface area contributed by atoms with Crippen molar-refractivity contribution >= 4 is 22.2 Å². The Bertz CT molecular complexity index is 1560. The van der Waals surface area contributed by atoms with Gasteiger partial charge in [-0.3, -0.25) is 9.22 Å².